The second-order valence-electron chi connectivity index (χ2n) is 5.89. The van der Waals surface area contributed by atoms with E-state index in [4.69, 9.17) is 16.3 Å². The van der Waals surface area contributed by atoms with Gasteiger partial charge in [-0.3, -0.25) is 0 Å². The van der Waals surface area contributed by atoms with Crippen LogP contribution in [0.1, 0.15) is 47.9 Å². The molecule has 0 radical (unpaired) electrons. The van der Waals surface area contributed by atoms with Gasteiger partial charge >= 0.3 is 0 Å². The summed E-state index contributed by atoms with van der Waals surface area (Å²) in [6, 6.07) is 11.1. The highest BCUT2D eigenvalue weighted by atomic mass is 79.9. The third-order valence-corrected chi connectivity index (χ3v) is 5.45. The van der Waals surface area contributed by atoms with Crippen molar-refractivity contribution < 1.29 is 4.74 Å². The molecule has 116 valence electrons. The minimum atomic E-state index is 0.730. The summed E-state index contributed by atoms with van der Waals surface area (Å²) in [6.07, 6.45) is 4.39. The van der Waals surface area contributed by atoms with Gasteiger partial charge in [-0.05, 0) is 54.4 Å². The highest BCUT2D eigenvalue weighted by molar-refractivity contribution is 9.10. The zero-order chi connectivity index (χ0) is 15.7. The van der Waals surface area contributed by atoms with Crippen LogP contribution in [0.25, 0.3) is 0 Å². The van der Waals surface area contributed by atoms with Gasteiger partial charge < -0.3 is 4.74 Å². The third-order valence-electron chi connectivity index (χ3n) is 4.33. The van der Waals surface area contributed by atoms with Crippen molar-refractivity contribution in [3.05, 3.63) is 62.1 Å². The Labute approximate surface area is 145 Å². The summed E-state index contributed by atoms with van der Waals surface area (Å²) < 4.78 is 6.59. The van der Waals surface area contributed by atoms with E-state index in [9.17, 15) is 0 Å². The molecule has 0 amide bonds. The molecule has 3 rings (SSSR count). The molecule has 0 spiro atoms. The predicted molar refractivity (Wildman–Crippen MR) is 96.3 cm³/mol. The minimum Gasteiger partial charge on any atom is -0.495 e. The van der Waals surface area contributed by atoms with E-state index < -0.39 is 0 Å². The average molecular weight is 380 g/mol. The van der Waals surface area contributed by atoms with E-state index in [0.29, 0.717) is 0 Å². The van der Waals surface area contributed by atoms with E-state index in [1.165, 1.54) is 24.0 Å². The van der Waals surface area contributed by atoms with Crippen LogP contribution < -0.4 is 4.74 Å². The van der Waals surface area contributed by atoms with E-state index >= 15 is 0 Å². The second-order valence-corrected chi connectivity index (χ2v) is 7.12. The molecule has 0 aliphatic heterocycles. The lowest BCUT2D eigenvalue weighted by Crippen LogP contribution is -1.98. The van der Waals surface area contributed by atoms with Gasteiger partial charge in [-0.25, -0.2) is 0 Å². The highest BCUT2D eigenvalue weighted by Crippen LogP contribution is 2.41. The monoisotopic (exact) mass is 378 g/mol. The lowest BCUT2D eigenvalue weighted by atomic mass is 10.00. The molecular weight excluding hydrogens is 360 g/mol. The van der Waals surface area contributed by atoms with Crippen LogP contribution in [0.15, 0.2) is 34.8 Å². The summed E-state index contributed by atoms with van der Waals surface area (Å²) in [4.78, 5) is 0. The summed E-state index contributed by atoms with van der Waals surface area (Å²) in [5, 5.41) is 0.730. The molecule has 0 unspecified atom stereocenters. The van der Waals surface area contributed by atoms with Gasteiger partial charge in [0.25, 0.3) is 0 Å². The van der Waals surface area contributed by atoms with Crippen LogP contribution in [-0.2, 0) is 12.8 Å². The normalized spacial score (nSPS) is 14.2. The molecule has 2 aromatic carbocycles. The Kier molecular flexibility index (Phi) is 4.79. The minimum absolute atomic E-state index is 0.730. The first-order chi connectivity index (χ1) is 10.6. The maximum Gasteiger partial charge on any atom is 0.142 e. The van der Waals surface area contributed by atoms with Crippen molar-refractivity contribution in [1.82, 2.24) is 0 Å². The van der Waals surface area contributed by atoms with Crippen LogP contribution in [0, 0.1) is 0 Å². The first-order valence-electron chi connectivity index (χ1n) is 7.76. The van der Waals surface area contributed by atoms with Gasteiger partial charge in [0.15, 0.2) is 0 Å². The summed E-state index contributed by atoms with van der Waals surface area (Å²) in [5.74, 6) is 1.60. The SMILES string of the molecule is CCc1c(Br)cc(Cc2ccc(C3CC3)cc2)c(Cl)c1OC. The topological polar surface area (TPSA) is 9.23 Å². The molecule has 1 aliphatic rings. The molecule has 1 nitrogen and oxygen atoms in total. The molecule has 2 aromatic rings. The first kappa shape index (κ1) is 15.9. The van der Waals surface area contributed by atoms with Crippen molar-refractivity contribution in [3.63, 3.8) is 0 Å². The van der Waals surface area contributed by atoms with Crippen LogP contribution in [-0.4, -0.2) is 7.11 Å². The van der Waals surface area contributed by atoms with E-state index in [-0.39, 0.29) is 0 Å². The molecule has 0 bridgehead atoms. The molecule has 0 heterocycles. The number of rotatable bonds is 5. The summed E-state index contributed by atoms with van der Waals surface area (Å²) in [6.45, 7) is 2.11. The Balaban J connectivity index is 1.89. The lowest BCUT2D eigenvalue weighted by Gasteiger charge is -2.15. The molecule has 0 atom stereocenters. The molecular formula is C19H20BrClO. The lowest BCUT2D eigenvalue weighted by molar-refractivity contribution is 0.409. The van der Waals surface area contributed by atoms with E-state index in [0.717, 1.165) is 45.1 Å². The van der Waals surface area contributed by atoms with Crippen molar-refractivity contribution in [2.24, 2.45) is 0 Å². The zero-order valence-electron chi connectivity index (χ0n) is 13.0. The van der Waals surface area contributed by atoms with Gasteiger partial charge in [0.1, 0.15) is 5.75 Å². The maximum absolute atomic E-state index is 6.56. The van der Waals surface area contributed by atoms with Crippen molar-refractivity contribution in [3.8, 4) is 5.75 Å². The summed E-state index contributed by atoms with van der Waals surface area (Å²) in [5.41, 5.74) is 4.97. The molecule has 22 heavy (non-hydrogen) atoms. The van der Waals surface area contributed by atoms with Crippen molar-refractivity contribution in [2.45, 2.75) is 38.5 Å². The van der Waals surface area contributed by atoms with Crippen LogP contribution >= 0.6 is 27.5 Å². The predicted octanol–water partition coefficient (Wildman–Crippen LogP) is 6.14. The molecule has 0 aromatic heterocycles. The largest absolute Gasteiger partial charge is 0.495 e. The van der Waals surface area contributed by atoms with E-state index in [2.05, 4.69) is 53.2 Å². The van der Waals surface area contributed by atoms with Crippen molar-refractivity contribution >= 4 is 27.5 Å². The fraction of sp³-hybridized carbons (Fsp3) is 0.368. The summed E-state index contributed by atoms with van der Waals surface area (Å²) >= 11 is 10.2. The van der Waals surface area contributed by atoms with Gasteiger partial charge in [-0.2, -0.15) is 0 Å². The molecule has 0 N–H and O–H groups in total. The van der Waals surface area contributed by atoms with Gasteiger partial charge in [-0.1, -0.05) is 58.7 Å². The Morgan fingerprint density at radius 1 is 1.23 bits per heavy atom. The zero-order valence-corrected chi connectivity index (χ0v) is 15.3. The summed E-state index contributed by atoms with van der Waals surface area (Å²) in [7, 11) is 1.68. The molecule has 0 saturated heterocycles. The Bertz CT molecular complexity index is 675. The van der Waals surface area contributed by atoms with Gasteiger partial charge in [0.2, 0.25) is 0 Å². The standard InChI is InChI=1S/C19H20BrClO/c1-3-16-17(20)11-15(18(21)19(16)22-2)10-12-4-6-13(7-5-12)14-8-9-14/h4-7,11,14H,3,8-10H2,1-2H3. The highest BCUT2D eigenvalue weighted by Gasteiger charge is 2.23. The van der Waals surface area contributed by atoms with Gasteiger partial charge in [-0.15, -0.1) is 0 Å². The maximum atomic E-state index is 6.56. The number of hydrogen-bond donors (Lipinski definition) is 0. The van der Waals surface area contributed by atoms with Crippen LogP contribution in [0.4, 0.5) is 0 Å². The quantitative estimate of drug-likeness (QED) is 0.606. The number of hydrogen-bond acceptors (Lipinski definition) is 1. The second kappa shape index (κ2) is 6.64. The molecule has 3 heteroatoms. The third kappa shape index (κ3) is 3.18. The molecule has 1 aliphatic carbocycles. The van der Waals surface area contributed by atoms with Crippen molar-refractivity contribution in [1.29, 1.82) is 0 Å². The average Bonchev–Trinajstić information content (AvgIpc) is 3.35. The molecule has 1 fully saturated rings. The fourth-order valence-electron chi connectivity index (χ4n) is 2.91. The number of methoxy groups -OCH3 is 1. The molecule has 1 saturated carbocycles. The van der Waals surface area contributed by atoms with E-state index in [1.54, 1.807) is 7.11 Å². The van der Waals surface area contributed by atoms with Crippen LogP contribution in [0.3, 0.4) is 0 Å². The van der Waals surface area contributed by atoms with Crippen LogP contribution in [0.2, 0.25) is 5.02 Å². The Hall–Kier alpha value is -0.990. The van der Waals surface area contributed by atoms with E-state index in [1.807, 2.05) is 0 Å². The Morgan fingerprint density at radius 2 is 1.91 bits per heavy atom. The van der Waals surface area contributed by atoms with Gasteiger partial charge in [0.05, 0.1) is 12.1 Å². The number of halogens is 2. The number of ether oxygens (including phenoxy) is 1. The van der Waals surface area contributed by atoms with Gasteiger partial charge in [0, 0.05) is 10.0 Å². The number of benzene rings is 2. The van der Waals surface area contributed by atoms with Crippen LogP contribution in [0.5, 0.6) is 5.75 Å². The Morgan fingerprint density at radius 3 is 2.45 bits per heavy atom. The van der Waals surface area contributed by atoms with Crippen molar-refractivity contribution in [2.75, 3.05) is 7.11 Å². The fourth-order valence-corrected chi connectivity index (χ4v) is 3.95. The smallest absolute Gasteiger partial charge is 0.142 e. The first-order valence-corrected chi connectivity index (χ1v) is 8.93.